The fourth-order valence-corrected chi connectivity index (χ4v) is 1.98. The smallest absolute Gasteiger partial charge is 0.255 e. The second-order valence-electron chi connectivity index (χ2n) is 3.91. The van der Waals surface area contributed by atoms with Crippen molar-refractivity contribution in [3.63, 3.8) is 0 Å². The van der Waals surface area contributed by atoms with Gasteiger partial charge in [-0.15, -0.1) is 0 Å². The number of halogens is 3. The van der Waals surface area contributed by atoms with Gasteiger partial charge in [0.25, 0.3) is 5.91 Å². The molecule has 19 heavy (non-hydrogen) atoms. The van der Waals surface area contributed by atoms with E-state index in [0.29, 0.717) is 21.3 Å². The van der Waals surface area contributed by atoms with Gasteiger partial charge in [0.2, 0.25) is 0 Å². The van der Waals surface area contributed by atoms with Gasteiger partial charge in [-0.1, -0.05) is 23.2 Å². The van der Waals surface area contributed by atoms with E-state index in [9.17, 15) is 4.79 Å². The largest absolute Gasteiger partial charge is 0.321 e. The Bertz CT molecular complexity index is 647. The standard InChI is InChI=1S/C13H9BrCl2N2O/c1-7-4-9(6-17-12(7)14)18-13(19)8-2-3-10(15)11(16)5-8/h2-6H,1H3,(H,18,19). The zero-order valence-corrected chi connectivity index (χ0v) is 13.0. The number of amides is 1. The van der Waals surface area contributed by atoms with E-state index in [1.54, 1.807) is 18.3 Å². The number of carbonyl (C=O) groups excluding carboxylic acids is 1. The molecule has 0 atom stereocenters. The molecule has 0 fully saturated rings. The van der Waals surface area contributed by atoms with Crippen LogP contribution in [-0.2, 0) is 0 Å². The van der Waals surface area contributed by atoms with Crippen LogP contribution in [0.15, 0.2) is 35.1 Å². The zero-order valence-electron chi connectivity index (χ0n) is 9.88. The molecule has 0 unspecified atom stereocenters. The third-order valence-electron chi connectivity index (χ3n) is 2.45. The van der Waals surface area contributed by atoms with Crippen molar-refractivity contribution in [2.75, 3.05) is 5.32 Å². The van der Waals surface area contributed by atoms with E-state index in [0.717, 1.165) is 10.2 Å². The summed E-state index contributed by atoms with van der Waals surface area (Å²) in [7, 11) is 0. The monoisotopic (exact) mass is 358 g/mol. The van der Waals surface area contributed by atoms with Gasteiger partial charge in [0.05, 0.1) is 21.9 Å². The highest BCUT2D eigenvalue weighted by Gasteiger charge is 2.09. The van der Waals surface area contributed by atoms with Crippen LogP contribution in [0, 0.1) is 6.92 Å². The van der Waals surface area contributed by atoms with Crippen molar-refractivity contribution in [2.24, 2.45) is 0 Å². The number of nitrogens with zero attached hydrogens (tertiary/aromatic N) is 1. The van der Waals surface area contributed by atoms with Gasteiger partial charge in [-0.25, -0.2) is 4.98 Å². The number of rotatable bonds is 2. The lowest BCUT2D eigenvalue weighted by Crippen LogP contribution is -2.12. The third kappa shape index (κ3) is 3.47. The number of nitrogens with one attached hydrogen (secondary N) is 1. The molecule has 1 amide bonds. The van der Waals surface area contributed by atoms with Gasteiger partial charge >= 0.3 is 0 Å². The Hall–Kier alpha value is -1.10. The van der Waals surface area contributed by atoms with Gasteiger partial charge in [0.1, 0.15) is 4.60 Å². The van der Waals surface area contributed by atoms with E-state index < -0.39 is 0 Å². The summed E-state index contributed by atoms with van der Waals surface area (Å²) in [4.78, 5) is 16.1. The lowest BCUT2D eigenvalue weighted by Gasteiger charge is -2.07. The number of aromatic nitrogens is 1. The van der Waals surface area contributed by atoms with Crippen LogP contribution in [0.1, 0.15) is 15.9 Å². The number of pyridine rings is 1. The fraction of sp³-hybridized carbons (Fsp3) is 0.0769. The predicted molar refractivity (Wildman–Crippen MR) is 81.1 cm³/mol. The summed E-state index contributed by atoms with van der Waals surface area (Å²) in [6.45, 7) is 1.89. The number of aryl methyl sites for hydroxylation is 1. The van der Waals surface area contributed by atoms with Gasteiger partial charge in [-0.3, -0.25) is 4.79 Å². The first-order chi connectivity index (χ1) is 8.97. The molecule has 1 N–H and O–H groups in total. The number of hydrogen-bond donors (Lipinski definition) is 1. The Morgan fingerprint density at radius 3 is 2.63 bits per heavy atom. The maximum atomic E-state index is 12.0. The highest BCUT2D eigenvalue weighted by molar-refractivity contribution is 9.10. The van der Waals surface area contributed by atoms with Crippen LogP contribution >= 0.6 is 39.1 Å². The van der Waals surface area contributed by atoms with E-state index in [1.165, 1.54) is 6.07 Å². The van der Waals surface area contributed by atoms with Crippen molar-refractivity contribution >= 4 is 50.7 Å². The van der Waals surface area contributed by atoms with E-state index in [2.05, 4.69) is 26.2 Å². The molecule has 1 aromatic heterocycles. The Morgan fingerprint density at radius 1 is 1.26 bits per heavy atom. The lowest BCUT2D eigenvalue weighted by molar-refractivity contribution is 0.102. The molecular formula is C13H9BrCl2N2O. The Labute approximate surface area is 129 Å². The molecule has 0 bridgehead atoms. The molecule has 0 saturated carbocycles. The van der Waals surface area contributed by atoms with Crippen LogP contribution in [0.3, 0.4) is 0 Å². The summed E-state index contributed by atoms with van der Waals surface area (Å²) in [5, 5.41) is 3.51. The minimum absolute atomic E-state index is 0.262. The Morgan fingerprint density at radius 2 is 2.00 bits per heavy atom. The van der Waals surface area contributed by atoms with E-state index in [1.807, 2.05) is 13.0 Å². The summed E-state index contributed by atoms with van der Waals surface area (Å²) < 4.78 is 0.750. The van der Waals surface area contributed by atoms with Gasteiger partial charge < -0.3 is 5.32 Å². The van der Waals surface area contributed by atoms with Gasteiger partial charge in [-0.2, -0.15) is 0 Å². The summed E-state index contributed by atoms with van der Waals surface area (Å²) >= 11 is 15.0. The maximum absolute atomic E-state index is 12.0. The van der Waals surface area contributed by atoms with E-state index >= 15 is 0 Å². The van der Waals surface area contributed by atoms with Crippen molar-refractivity contribution in [1.82, 2.24) is 4.98 Å². The summed E-state index contributed by atoms with van der Waals surface area (Å²) in [5.74, 6) is -0.262. The topological polar surface area (TPSA) is 42.0 Å². The highest BCUT2D eigenvalue weighted by atomic mass is 79.9. The second kappa shape index (κ2) is 5.90. The Kier molecular flexibility index (Phi) is 4.45. The first-order valence-corrected chi connectivity index (χ1v) is 6.91. The molecule has 1 heterocycles. The lowest BCUT2D eigenvalue weighted by atomic mass is 10.2. The van der Waals surface area contributed by atoms with Gasteiger partial charge in [0, 0.05) is 5.56 Å². The number of hydrogen-bond acceptors (Lipinski definition) is 2. The number of anilines is 1. The SMILES string of the molecule is Cc1cc(NC(=O)c2ccc(Cl)c(Cl)c2)cnc1Br. The minimum atomic E-state index is -0.262. The molecular weight excluding hydrogens is 351 g/mol. The van der Waals surface area contributed by atoms with Crippen molar-refractivity contribution in [2.45, 2.75) is 6.92 Å². The Balaban J connectivity index is 2.20. The summed E-state index contributed by atoms with van der Waals surface area (Å²) in [6, 6.07) is 6.55. The molecule has 0 aliphatic carbocycles. The number of benzene rings is 1. The first kappa shape index (κ1) is 14.3. The molecule has 2 aromatic rings. The molecule has 0 aliphatic heterocycles. The highest BCUT2D eigenvalue weighted by Crippen LogP contribution is 2.23. The summed E-state index contributed by atoms with van der Waals surface area (Å²) in [6.07, 6.45) is 1.58. The number of carbonyl (C=O) groups is 1. The van der Waals surface area contributed by atoms with Gasteiger partial charge in [-0.05, 0) is 52.7 Å². The van der Waals surface area contributed by atoms with Crippen LogP contribution in [0.4, 0.5) is 5.69 Å². The van der Waals surface area contributed by atoms with Crippen molar-refractivity contribution < 1.29 is 4.79 Å². The first-order valence-electron chi connectivity index (χ1n) is 5.36. The van der Waals surface area contributed by atoms with Crippen molar-refractivity contribution in [1.29, 1.82) is 0 Å². The van der Waals surface area contributed by atoms with Crippen LogP contribution < -0.4 is 5.32 Å². The van der Waals surface area contributed by atoms with Gasteiger partial charge in [0.15, 0.2) is 0 Å². The predicted octanol–water partition coefficient (Wildman–Crippen LogP) is 4.71. The molecule has 6 heteroatoms. The quantitative estimate of drug-likeness (QED) is 0.789. The van der Waals surface area contributed by atoms with Crippen LogP contribution in [0.2, 0.25) is 10.0 Å². The van der Waals surface area contributed by atoms with Crippen LogP contribution in [-0.4, -0.2) is 10.9 Å². The normalized spacial score (nSPS) is 10.3. The average molecular weight is 360 g/mol. The van der Waals surface area contributed by atoms with Crippen molar-refractivity contribution in [3.8, 4) is 0 Å². The minimum Gasteiger partial charge on any atom is -0.321 e. The molecule has 0 radical (unpaired) electrons. The van der Waals surface area contributed by atoms with E-state index in [-0.39, 0.29) is 5.91 Å². The van der Waals surface area contributed by atoms with Crippen LogP contribution in [0.5, 0.6) is 0 Å². The zero-order chi connectivity index (χ0) is 14.0. The molecule has 3 nitrogen and oxygen atoms in total. The van der Waals surface area contributed by atoms with E-state index in [4.69, 9.17) is 23.2 Å². The molecule has 0 aliphatic rings. The second-order valence-corrected chi connectivity index (χ2v) is 5.48. The molecule has 2 rings (SSSR count). The molecule has 98 valence electrons. The third-order valence-corrected chi connectivity index (χ3v) is 4.02. The average Bonchev–Trinajstić information content (AvgIpc) is 2.37. The van der Waals surface area contributed by atoms with Crippen LogP contribution in [0.25, 0.3) is 0 Å². The maximum Gasteiger partial charge on any atom is 0.255 e. The van der Waals surface area contributed by atoms with Crippen molar-refractivity contribution in [3.05, 3.63) is 56.2 Å². The summed E-state index contributed by atoms with van der Waals surface area (Å²) in [5.41, 5.74) is 2.00. The molecule has 1 aromatic carbocycles. The fourth-order valence-electron chi connectivity index (χ4n) is 1.47. The molecule has 0 spiro atoms. The molecule has 0 saturated heterocycles.